The Morgan fingerprint density at radius 1 is 0.875 bits per heavy atom. The molecule has 5 rings (SSSR count). The maximum atomic E-state index is 14.0. The van der Waals surface area contributed by atoms with E-state index in [9.17, 15) is 14.0 Å². The Balaban J connectivity index is 1.54. The van der Waals surface area contributed by atoms with Crippen LogP contribution in [0.3, 0.4) is 0 Å². The Labute approximate surface area is 237 Å². The number of carbonyl (C=O) groups excluding carboxylic acids is 1. The van der Waals surface area contributed by atoms with Crippen molar-refractivity contribution in [2.45, 2.75) is 42.6 Å². The number of carbonyl (C=O) groups is 1. The molecule has 0 spiro atoms. The summed E-state index contributed by atoms with van der Waals surface area (Å²) in [5.41, 5.74) is 2.74. The van der Waals surface area contributed by atoms with Crippen molar-refractivity contribution in [2.75, 3.05) is 0 Å². The second kappa shape index (κ2) is 12.7. The van der Waals surface area contributed by atoms with E-state index in [1.54, 1.807) is 30.3 Å². The summed E-state index contributed by atoms with van der Waals surface area (Å²) in [6.07, 6.45) is 2.36. The highest BCUT2D eigenvalue weighted by atomic mass is 32.2. The van der Waals surface area contributed by atoms with Crippen LogP contribution >= 0.6 is 11.8 Å². The molecule has 5 aromatic rings. The molecule has 0 saturated heterocycles. The van der Waals surface area contributed by atoms with Crippen molar-refractivity contribution >= 4 is 28.6 Å². The van der Waals surface area contributed by atoms with E-state index in [4.69, 9.17) is 4.98 Å². The van der Waals surface area contributed by atoms with Gasteiger partial charge in [0.2, 0.25) is 5.91 Å². The lowest BCUT2D eigenvalue weighted by atomic mass is 9.98. The number of fused-ring (bicyclic) bond motifs is 1. The van der Waals surface area contributed by atoms with Crippen LogP contribution in [0.4, 0.5) is 4.39 Å². The number of benzene rings is 4. The fraction of sp³-hybridized carbons (Fsp3) is 0.182. The summed E-state index contributed by atoms with van der Waals surface area (Å²) in [5, 5.41) is 3.62. The van der Waals surface area contributed by atoms with Gasteiger partial charge in [-0.2, -0.15) is 0 Å². The third kappa shape index (κ3) is 6.15. The Hall–Kier alpha value is -4.23. The lowest BCUT2D eigenvalue weighted by Crippen LogP contribution is -2.36. The fourth-order valence-electron chi connectivity index (χ4n) is 4.65. The molecule has 1 aromatic heterocycles. The molecule has 202 valence electrons. The van der Waals surface area contributed by atoms with Crippen molar-refractivity contribution in [1.82, 2.24) is 14.9 Å². The highest BCUT2D eigenvalue weighted by Gasteiger charge is 2.26. The smallest absolute Gasteiger partial charge is 0.266 e. The summed E-state index contributed by atoms with van der Waals surface area (Å²) in [7, 11) is 0. The molecular weight excluding hydrogens is 521 g/mol. The number of amides is 1. The van der Waals surface area contributed by atoms with E-state index in [0.717, 1.165) is 24.0 Å². The van der Waals surface area contributed by atoms with Gasteiger partial charge in [-0.3, -0.25) is 14.2 Å². The molecule has 0 aliphatic carbocycles. The number of rotatable bonds is 10. The van der Waals surface area contributed by atoms with E-state index in [1.807, 2.05) is 66.7 Å². The van der Waals surface area contributed by atoms with Crippen LogP contribution < -0.4 is 10.9 Å². The molecule has 7 heteroatoms. The van der Waals surface area contributed by atoms with Crippen LogP contribution in [0.5, 0.6) is 0 Å². The molecule has 5 nitrogen and oxygen atoms in total. The summed E-state index contributed by atoms with van der Waals surface area (Å²) in [6.45, 7) is 2.08. The minimum absolute atomic E-state index is 0.135. The SMILES string of the molecule is CCCCC(Sc1nc2ccccc2c(=O)n1-c1ccc(F)cc1)C(=O)NC(c1ccccc1)c1ccccc1. The van der Waals surface area contributed by atoms with Crippen molar-refractivity contribution in [3.05, 3.63) is 136 Å². The zero-order valence-corrected chi connectivity index (χ0v) is 23.0. The van der Waals surface area contributed by atoms with Crippen LogP contribution in [-0.2, 0) is 4.79 Å². The minimum atomic E-state index is -0.505. The van der Waals surface area contributed by atoms with Crippen molar-refractivity contribution in [2.24, 2.45) is 0 Å². The first kappa shape index (κ1) is 27.3. The fourth-order valence-corrected chi connectivity index (χ4v) is 5.81. The summed E-state index contributed by atoms with van der Waals surface area (Å²) in [4.78, 5) is 32.4. The van der Waals surface area contributed by atoms with Crippen LogP contribution in [0.2, 0.25) is 0 Å². The highest BCUT2D eigenvalue weighted by molar-refractivity contribution is 8.00. The molecule has 0 aliphatic rings. The van der Waals surface area contributed by atoms with E-state index in [2.05, 4.69) is 12.2 Å². The predicted molar refractivity (Wildman–Crippen MR) is 159 cm³/mol. The summed E-state index contributed by atoms with van der Waals surface area (Å²) < 4.78 is 15.2. The van der Waals surface area contributed by atoms with Gasteiger partial charge in [0.25, 0.3) is 5.56 Å². The van der Waals surface area contributed by atoms with Crippen molar-refractivity contribution < 1.29 is 9.18 Å². The number of para-hydroxylation sites is 1. The van der Waals surface area contributed by atoms with E-state index >= 15 is 0 Å². The van der Waals surface area contributed by atoms with Gasteiger partial charge in [-0.15, -0.1) is 0 Å². The molecule has 1 heterocycles. The normalized spacial score (nSPS) is 12.0. The van der Waals surface area contributed by atoms with Gasteiger partial charge >= 0.3 is 0 Å². The van der Waals surface area contributed by atoms with Gasteiger partial charge in [0.05, 0.1) is 27.9 Å². The molecule has 0 aliphatic heterocycles. The molecule has 0 radical (unpaired) electrons. The van der Waals surface area contributed by atoms with Crippen LogP contribution in [0.25, 0.3) is 16.6 Å². The predicted octanol–water partition coefficient (Wildman–Crippen LogP) is 7.08. The van der Waals surface area contributed by atoms with Crippen LogP contribution in [-0.4, -0.2) is 20.7 Å². The maximum absolute atomic E-state index is 14.0. The first-order valence-electron chi connectivity index (χ1n) is 13.4. The second-order valence-electron chi connectivity index (χ2n) is 9.54. The van der Waals surface area contributed by atoms with E-state index in [0.29, 0.717) is 28.2 Å². The van der Waals surface area contributed by atoms with Crippen LogP contribution in [0, 0.1) is 5.82 Å². The molecule has 1 unspecified atom stereocenters. The molecule has 1 amide bonds. The Morgan fingerprint density at radius 2 is 1.48 bits per heavy atom. The van der Waals surface area contributed by atoms with Crippen molar-refractivity contribution in [1.29, 1.82) is 0 Å². The Bertz CT molecular complexity index is 1600. The molecular formula is C33H30FN3O2S. The molecule has 0 fully saturated rings. The Kier molecular flexibility index (Phi) is 8.71. The topological polar surface area (TPSA) is 64.0 Å². The average molecular weight is 552 g/mol. The molecule has 1 atom stereocenters. The number of thioether (sulfide) groups is 1. The first-order chi connectivity index (χ1) is 19.5. The largest absolute Gasteiger partial charge is 0.344 e. The number of aromatic nitrogens is 2. The van der Waals surface area contributed by atoms with Crippen molar-refractivity contribution in [3.63, 3.8) is 0 Å². The Morgan fingerprint density at radius 3 is 2.10 bits per heavy atom. The average Bonchev–Trinajstić information content (AvgIpc) is 2.99. The van der Waals surface area contributed by atoms with Gasteiger partial charge in [-0.25, -0.2) is 9.37 Å². The monoisotopic (exact) mass is 551 g/mol. The van der Waals surface area contributed by atoms with Gasteiger partial charge in [-0.05, 0) is 53.9 Å². The zero-order chi connectivity index (χ0) is 27.9. The van der Waals surface area contributed by atoms with E-state index in [1.165, 1.54) is 28.5 Å². The molecule has 1 N–H and O–H groups in total. The molecule has 0 bridgehead atoms. The quantitative estimate of drug-likeness (QED) is 0.149. The lowest BCUT2D eigenvalue weighted by molar-refractivity contribution is -0.121. The summed E-state index contributed by atoms with van der Waals surface area (Å²) >= 11 is 1.27. The number of halogens is 1. The van der Waals surface area contributed by atoms with Gasteiger partial charge in [0, 0.05) is 0 Å². The third-order valence-corrected chi connectivity index (χ3v) is 7.96. The number of hydrogen-bond acceptors (Lipinski definition) is 4. The minimum Gasteiger partial charge on any atom is -0.344 e. The van der Waals surface area contributed by atoms with Crippen LogP contribution in [0.1, 0.15) is 43.4 Å². The number of hydrogen-bond donors (Lipinski definition) is 1. The van der Waals surface area contributed by atoms with Crippen molar-refractivity contribution in [3.8, 4) is 5.69 Å². The van der Waals surface area contributed by atoms with E-state index < -0.39 is 11.1 Å². The number of nitrogens with one attached hydrogen (secondary N) is 1. The lowest BCUT2D eigenvalue weighted by Gasteiger charge is -2.24. The first-order valence-corrected chi connectivity index (χ1v) is 14.3. The number of unbranched alkanes of at least 4 members (excludes halogenated alkanes) is 1. The van der Waals surface area contributed by atoms with E-state index in [-0.39, 0.29) is 17.5 Å². The van der Waals surface area contributed by atoms with Gasteiger partial charge in [0.1, 0.15) is 5.82 Å². The van der Waals surface area contributed by atoms with Gasteiger partial charge < -0.3 is 5.32 Å². The standard InChI is InChI=1S/C33H30FN3O2S/c1-2-3-18-29(31(38)36-30(23-12-6-4-7-13-23)24-14-8-5-9-15-24)40-33-35-28-17-11-10-16-27(28)32(39)37(33)26-21-19-25(34)20-22-26/h4-17,19-22,29-30H,2-3,18H2,1H3,(H,36,38). The van der Waals surface area contributed by atoms with Gasteiger partial charge in [-0.1, -0.05) is 104 Å². The highest BCUT2D eigenvalue weighted by Crippen LogP contribution is 2.30. The number of nitrogens with zero attached hydrogens (tertiary/aromatic N) is 2. The second-order valence-corrected chi connectivity index (χ2v) is 10.7. The molecule has 4 aromatic carbocycles. The summed E-state index contributed by atoms with van der Waals surface area (Å²) in [5.74, 6) is -0.531. The maximum Gasteiger partial charge on any atom is 0.266 e. The summed E-state index contributed by atoms with van der Waals surface area (Å²) in [6, 6.07) is 32.3. The van der Waals surface area contributed by atoms with Crippen LogP contribution in [0.15, 0.2) is 119 Å². The molecule has 0 saturated carbocycles. The third-order valence-electron chi connectivity index (χ3n) is 6.74. The zero-order valence-electron chi connectivity index (χ0n) is 22.2. The molecule has 40 heavy (non-hydrogen) atoms. The van der Waals surface area contributed by atoms with Gasteiger partial charge in [0.15, 0.2) is 5.16 Å².